The van der Waals surface area contributed by atoms with Gasteiger partial charge < -0.3 is 24.8 Å². The Kier molecular flexibility index (Phi) is 7.17. The van der Waals surface area contributed by atoms with Gasteiger partial charge in [-0.3, -0.25) is 9.59 Å². The van der Waals surface area contributed by atoms with E-state index in [1.54, 1.807) is 48.5 Å². The summed E-state index contributed by atoms with van der Waals surface area (Å²) in [6, 6.07) is 13.9. The standard InChI is InChI=1S/C24H28N2O5/c27-23(25-15-21-3-1-13-29-21)17-5-9-19(10-6-17)31-20-11-7-18(8-12-20)24(28)26-16-22-4-2-14-30-22/h5-12,21-22H,1-4,13-16H2,(H,25,27)(H,26,28)/t21-,22-/m1/s1. The van der Waals surface area contributed by atoms with Crippen molar-refractivity contribution in [3.8, 4) is 11.5 Å². The van der Waals surface area contributed by atoms with Crippen LogP contribution in [0.3, 0.4) is 0 Å². The molecular weight excluding hydrogens is 396 g/mol. The number of amides is 2. The number of rotatable bonds is 8. The molecule has 2 heterocycles. The average Bonchev–Trinajstić information content (AvgIpc) is 3.51. The molecule has 2 aromatic rings. The molecule has 7 heteroatoms. The number of carbonyl (C=O) groups excluding carboxylic acids is 2. The first-order valence-corrected chi connectivity index (χ1v) is 10.8. The van der Waals surface area contributed by atoms with Crippen LogP contribution in [0.5, 0.6) is 11.5 Å². The van der Waals surface area contributed by atoms with Crippen molar-refractivity contribution < 1.29 is 23.8 Å². The van der Waals surface area contributed by atoms with E-state index in [9.17, 15) is 9.59 Å². The van der Waals surface area contributed by atoms with Crippen molar-refractivity contribution in [2.75, 3.05) is 26.3 Å². The third kappa shape index (κ3) is 6.06. The number of nitrogens with one attached hydrogen (secondary N) is 2. The predicted molar refractivity (Wildman–Crippen MR) is 116 cm³/mol. The summed E-state index contributed by atoms with van der Waals surface area (Å²) in [6.45, 7) is 2.61. The van der Waals surface area contributed by atoms with Gasteiger partial charge in [-0.05, 0) is 74.2 Å². The van der Waals surface area contributed by atoms with Gasteiger partial charge in [0.2, 0.25) is 0 Å². The van der Waals surface area contributed by atoms with Crippen molar-refractivity contribution in [1.29, 1.82) is 0 Å². The maximum absolute atomic E-state index is 12.3. The van der Waals surface area contributed by atoms with E-state index in [-0.39, 0.29) is 24.0 Å². The van der Waals surface area contributed by atoms with Crippen LogP contribution in [0.25, 0.3) is 0 Å². The Morgan fingerprint density at radius 1 is 0.742 bits per heavy atom. The molecule has 2 N–H and O–H groups in total. The Hall–Kier alpha value is -2.90. The fourth-order valence-electron chi connectivity index (χ4n) is 3.71. The topological polar surface area (TPSA) is 85.9 Å². The third-order valence-corrected chi connectivity index (χ3v) is 5.50. The zero-order valence-electron chi connectivity index (χ0n) is 17.5. The molecule has 0 aromatic heterocycles. The molecule has 2 saturated heterocycles. The van der Waals surface area contributed by atoms with E-state index in [1.165, 1.54) is 0 Å². The second kappa shape index (κ2) is 10.4. The van der Waals surface area contributed by atoms with Crippen molar-refractivity contribution in [3.05, 3.63) is 59.7 Å². The maximum atomic E-state index is 12.3. The van der Waals surface area contributed by atoms with Crippen molar-refractivity contribution in [1.82, 2.24) is 10.6 Å². The van der Waals surface area contributed by atoms with Crippen LogP contribution in [0.1, 0.15) is 46.4 Å². The molecule has 0 saturated carbocycles. The van der Waals surface area contributed by atoms with Crippen molar-refractivity contribution in [2.45, 2.75) is 37.9 Å². The summed E-state index contributed by atoms with van der Waals surface area (Å²) < 4.78 is 16.9. The van der Waals surface area contributed by atoms with E-state index in [0.29, 0.717) is 35.7 Å². The Bertz CT molecular complexity index is 796. The van der Waals surface area contributed by atoms with Gasteiger partial charge in [0, 0.05) is 37.4 Å². The van der Waals surface area contributed by atoms with Gasteiger partial charge in [0.15, 0.2) is 0 Å². The summed E-state index contributed by atoms with van der Waals surface area (Å²) in [4.78, 5) is 24.5. The van der Waals surface area contributed by atoms with Gasteiger partial charge in [0.1, 0.15) is 11.5 Å². The van der Waals surface area contributed by atoms with Gasteiger partial charge in [0.05, 0.1) is 12.2 Å². The van der Waals surface area contributed by atoms with Gasteiger partial charge in [0.25, 0.3) is 11.8 Å². The lowest BCUT2D eigenvalue weighted by atomic mass is 10.2. The van der Waals surface area contributed by atoms with Crippen molar-refractivity contribution in [2.24, 2.45) is 0 Å². The van der Waals surface area contributed by atoms with Crippen LogP contribution in [0.4, 0.5) is 0 Å². The summed E-state index contributed by atoms with van der Waals surface area (Å²) in [5.74, 6) is 0.985. The minimum absolute atomic E-state index is 0.118. The van der Waals surface area contributed by atoms with E-state index in [4.69, 9.17) is 14.2 Å². The van der Waals surface area contributed by atoms with Crippen LogP contribution in [0.15, 0.2) is 48.5 Å². The minimum Gasteiger partial charge on any atom is -0.457 e. The van der Waals surface area contributed by atoms with Crippen LogP contribution < -0.4 is 15.4 Å². The quantitative estimate of drug-likeness (QED) is 0.679. The molecule has 2 aromatic carbocycles. The lowest BCUT2D eigenvalue weighted by Gasteiger charge is -2.12. The molecule has 0 spiro atoms. The number of hydrogen-bond acceptors (Lipinski definition) is 5. The Balaban J connectivity index is 1.25. The minimum atomic E-state index is -0.125. The highest BCUT2D eigenvalue weighted by Crippen LogP contribution is 2.22. The summed E-state index contributed by atoms with van der Waals surface area (Å²) in [7, 11) is 0. The second-order valence-electron chi connectivity index (χ2n) is 7.84. The highest BCUT2D eigenvalue weighted by Gasteiger charge is 2.17. The molecule has 0 radical (unpaired) electrons. The number of ether oxygens (including phenoxy) is 3. The molecule has 7 nitrogen and oxygen atoms in total. The molecular formula is C24H28N2O5. The molecule has 2 aliphatic heterocycles. The normalized spacial score (nSPS) is 20.4. The first-order valence-electron chi connectivity index (χ1n) is 10.8. The van der Waals surface area contributed by atoms with Crippen molar-refractivity contribution in [3.63, 3.8) is 0 Å². The van der Waals surface area contributed by atoms with E-state index in [2.05, 4.69) is 10.6 Å². The lowest BCUT2D eigenvalue weighted by molar-refractivity contribution is 0.0854. The zero-order chi connectivity index (χ0) is 21.5. The van der Waals surface area contributed by atoms with E-state index < -0.39 is 0 Å². The fourth-order valence-corrected chi connectivity index (χ4v) is 3.71. The van der Waals surface area contributed by atoms with Crippen LogP contribution in [-0.2, 0) is 9.47 Å². The molecule has 2 fully saturated rings. The monoisotopic (exact) mass is 424 g/mol. The molecule has 2 amide bonds. The molecule has 0 aliphatic carbocycles. The van der Waals surface area contributed by atoms with Gasteiger partial charge in [-0.15, -0.1) is 0 Å². The smallest absolute Gasteiger partial charge is 0.251 e. The van der Waals surface area contributed by atoms with Gasteiger partial charge in [-0.1, -0.05) is 0 Å². The van der Waals surface area contributed by atoms with E-state index in [0.717, 1.165) is 38.9 Å². The lowest BCUT2D eigenvalue weighted by Crippen LogP contribution is -2.31. The SMILES string of the molecule is O=C(NC[C@H]1CCCO1)c1ccc(Oc2ccc(C(=O)NC[C@H]3CCCO3)cc2)cc1. The van der Waals surface area contributed by atoms with E-state index in [1.807, 2.05) is 0 Å². The predicted octanol–water partition coefficient (Wildman–Crippen LogP) is 3.30. The van der Waals surface area contributed by atoms with Gasteiger partial charge >= 0.3 is 0 Å². The molecule has 31 heavy (non-hydrogen) atoms. The maximum Gasteiger partial charge on any atom is 0.251 e. The Morgan fingerprint density at radius 2 is 1.16 bits per heavy atom. The fraction of sp³-hybridized carbons (Fsp3) is 0.417. The summed E-state index contributed by atoms with van der Waals surface area (Å²) in [5.41, 5.74) is 1.15. The highest BCUT2D eigenvalue weighted by molar-refractivity contribution is 5.94. The first-order chi connectivity index (χ1) is 15.2. The van der Waals surface area contributed by atoms with Crippen LogP contribution in [-0.4, -0.2) is 50.3 Å². The largest absolute Gasteiger partial charge is 0.457 e. The Labute approximate surface area is 182 Å². The van der Waals surface area contributed by atoms with Crippen molar-refractivity contribution >= 4 is 11.8 Å². The second-order valence-corrected chi connectivity index (χ2v) is 7.84. The third-order valence-electron chi connectivity index (χ3n) is 5.50. The molecule has 4 rings (SSSR count). The number of carbonyl (C=O) groups is 2. The van der Waals surface area contributed by atoms with Crippen LogP contribution >= 0.6 is 0 Å². The van der Waals surface area contributed by atoms with Crippen LogP contribution in [0.2, 0.25) is 0 Å². The molecule has 0 unspecified atom stereocenters. The van der Waals surface area contributed by atoms with Crippen LogP contribution in [0, 0.1) is 0 Å². The summed E-state index contributed by atoms with van der Waals surface area (Å²) in [6.07, 6.45) is 4.31. The molecule has 2 aliphatic rings. The summed E-state index contributed by atoms with van der Waals surface area (Å²) >= 11 is 0. The zero-order valence-corrected chi connectivity index (χ0v) is 17.5. The molecule has 164 valence electrons. The van der Waals surface area contributed by atoms with Gasteiger partial charge in [-0.25, -0.2) is 0 Å². The average molecular weight is 424 g/mol. The Morgan fingerprint density at radius 3 is 1.52 bits per heavy atom. The molecule has 0 bridgehead atoms. The number of benzene rings is 2. The summed E-state index contributed by atoms with van der Waals surface area (Å²) in [5, 5.41) is 5.81. The highest BCUT2D eigenvalue weighted by atomic mass is 16.5. The number of hydrogen-bond donors (Lipinski definition) is 2. The van der Waals surface area contributed by atoms with E-state index >= 15 is 0 Å². The molecule has 2 atom stereocenters. The van der Waals surface area contributed by atoms with Gasteiger partial charge in [-0.2, -0.15) is 0 Å². The first kappa shape index (κ1) is 21.3.